The third kappa shape index (κ3) is 3.66. The van der Waals surface area contributed by atoms with Crippen LogP contribution in [0.25, 0.3) is 22.3 Å². The van der Waals surface area contributed by atoms with Crippen LogP contribution in [0.4, 0.5) is 0 Å². The summed E-state index contributed by atoms with van der Waals surface area (Å²) in [7, 11) is 1.60. The lowest BCUT2D eigenvalue weighted by molar-refractivity contribution is 0.112. The molecule has 6 heteroatoms. The molecule has 4 aromatic rings. The van der Waals surface area contributed by atoms with Crippen molar-refractivity contribution in [1.82, 2.24) is 14.7 Å². The molecular formula is C23H23N3O3. The maximum absolute atomic E-state index is 11.5. The smallest absolute Gasteiger partial charge is 0.246 e. The summed E-state index contributed by atoms with van der Waals surface area (Å²) in [5.74, 6) is 1.73. The van der Waals surface area contributed by atoms with E-state index >= 15 is 0 Å². The van der Waals surface area contributed by atoms with Crippen molar-refractivity contribution in [1.29, 1.82) is 0 Å². The minimum Gasteiger partial charge on any atom is -0.497 e. The van der Waals surface area contributed by atoms with Crippen molar-refractivity contribution >= 4 is 17.2 Å². The molecule has 0 spiro atoms. The van der Waals surface area contributed by atoms with Gasteiger partial charge >= 0.3 is 0 Å². The van der Waals surface area contributed by atoms with Gasteiger partial charge < -0.3 is 13.8 Å². The van der Waals surface area contributed by atoms with Crippen molar-refractivity contribution in [2.75, 3.05) is 7.11 Å². The Bertz CT molecular complexity index is 1160. The molecule has 0 amide bonds. The molecule has 2 aromatic heterocycles. The molecule has 0 aliphatic rings. The first-order valence-electron chi connectivity index (χ1n) is 9.44. The summed E-state index contributed by atoms with van der Waals surface area (Å²) in [5.41, 5.74) is 3.75. The summed E-state index contributed by atoms with van der Waals surface area (Å²) in [5, 5.41) is 4.95. The van der Waals surface area contributed by atoms with E-state index in [1.165, 1.54) is 5.56 Å². The van der Waals surface area contributed by atoms with Crippen LogP contribution >= 0.6 is 0 Å². The number of aldehydes is 1. The van der Waals surface area contributed by atoms with Crippen molar-refractivity contribution in [2.45, 2.75) is 32.7 Å². The van der Waals surface area contributed by atoms with E-state index in [0.717, 1.165) is 22.8 Å². The number of carbonyl (C=O) groups excluding carboxylic acids is 1. The largest absolute Gasteiger partial charge is 0.497 e. The fourth-order valence-corrected chi connectivity index (χ4v) is 3.36. The highest BCUT2D eigenvalue weighted by Gasteiger charge is 2.16. The van der Waals surface area contributed by atoms with Crippen molar-refractivity contribution in [3.05, 3.63) is 65.7 Å². The molecule has 0 atom stereocenters. The van der Waals surface area contributed by atoms with Crippen LogP contribution in [-0.4, -0.2) is 28.1 Å². The number of benzene rings is 2. The number of hydrogen-bond acceptors (Lipinski definition) is 5. The number of rotatable bonds is 5. The molecule has 4 rings (SSSR count). The van der Waals surface area contributed by atoms with E-state index in [-0.39, 0.29) is 5.41 Å². The van der Waals surface area contributed by atoms with Gasteiger partial charge in [-0.15, -0.1) is 0 Å². The van der Waals surface area contributed by atoms with Gasteiger partial charge in [-0.3, -0.25) is 4.79 Å². The highest BCUT2D eigenvalue weighted by Crippen LogP contribution is 2.27. The molecule has 29 heavy (non-hydrogen) atoms. The zero-order chi connectivity index (χ0) is 20.6. The predicted molar refractivity (Wildman–Crippen MR) is 111 cm³/mol. The van der Waals surface area contributed by atoms with E-state index in [2.05, 4.69) is 43.0 Å². The normalized spacial score (nSPS) is 11.7. The van der Waals surface area contributed by atoms with Gasteiger partial charge in [0.05, 0.1) is 7.11 Å². The summed E-state index contributed by atoms with van der Waals surface area (Å²) < 4.78 is 12.7. The Morgan fingerprint density at radius 2 is 1.90 bits per heavy atom. The summed E-state index contributed by atoms with van der Waals surface area (Å²) in [6.45, 7) is 6.92. The number of ether oxygens (including phenoxy) is 1. The number of aromatic nitrogens is 3. The van der Waals surface area contributed by atoms with Gasteiger partial charge in [-0.25, -0.2) is 0 Å². The van der Waals surface area contributed by atoms with Crippen molar-refractivity contribution in [3.63, 3.8) is 0 Å². The fraction of sp³-hybridized carbons (Fsp3) is 0.261. The zero-order valence-corrected chi connectivity index (χ0v) is 17.0. The van der Waals surface area contributed by atoms with Crippen LogP contribution in [0.2, 0.25) is 0 Å². The molecule has 0 saturated heterocycles. The molecule has 0 radical (unpaired) electrons. The Labute approximate surface area is 169 Å². The van der Waals surface area contributed by atoms with Crippen molar-refractivity contribution in [2.24, 2.45) is 0 Å². The second-order valence-corrected chi connectivity index (χ2v) is 8.05. The summed E-state index contributed by atoms with van der Waals surface area (Å²) in [4.78, 5) is 16.0. The van der Waals surface area contributed by atoms with Gasteiger partial charge in [0.15, 0.2) is 6.29 Å². The van der Waals surface area contributed by atoms with Crippen LogP contribution in [0.15, 0.2) is 53.2 Å². The number of nitrogens with zero attached hydrogens (tertiary/aromatic N) is 3. The molecule has 0 N–H and O–H groups in total. The molecule has 0 bridgehead atoms. The molecule has 148 valence electrons. The van der Waals surface area contributed by atoms with Gasteiger partial charge in [-0.1, -0.05) is 50.2 Å². The molecule has 0 aliphatic heterocycles. The number of fused-ring (bicyclic) bond motifs is 1. The van der Waals surface area contributed by atoms with E-state index in [1.807, 2.05) is 34.9 Å². The third-order valence-corrected chi connectivity index (χ3v) is 5.03. The fourth-order valence-electron chi connectivity index (χ4n) is 3.36. The van der Waals surface area contributed by atoms with Gasteiger partial charge in [-0.2, -0.15) is 4.98 Å². The first-order chi connectivity index (χ1) is 13.9. The van der Waals surface area contributed by atoms with Crippen molar-refractivity contribution in [3.8, 4) is 17.1 Å². The number of methoxy groups -OCH3 is 1. The lowest BCUT2D eigenvalue weighted by Crippen LogP contribution is -2.10. The minimum atomic E-state index is 0.0927. The quantitative estimate of drug-likeness (QED) is 0.456. The van der Waals surface area contributed by atoms with Crippen LogP contribution in [0, 0.1) is 0 Å². The molecule has 0 unspecified atom stereocenters. The van der Waals surface area contributed by atoms with Gasteiger partial charge in [-0.05, 0) is 29.2 Å². The van der Waals surface area contributed by atoms with Gasteiger partial charge in [0.25, 0.3) is 0 Å². The monoisotopic (exact) mass is 389 g/mol. The summed E-state index contributed by atoms with van der Waals surface area (Å²) >= 11 is 0. The van der Waals surface area contributed by atoms with E-state index in [0.29, 0.717) is 29.6 Å². The standard InChI is InChI=1S/C23H23N3O3/c1-23(2,3)17-7-5-15(6-8-17)22-24-21(29-25-22)13-26-12-16(14-27)19-11-18(28-4)9-10-20(19)26/h5-12,14H,13H2,1-4H3. The molecule has 2 heterocycles. The highest BCUT2D eigenvalue weighted by atomic mass is 16.5. The molecule has 6 nitrogen and oxygen atoms in total. The third-order valence-electron chi connectivity index (χ3n) is 5.03. The van der Waals surface area contributed by atoms with Gasteiger partial charge in [0.1, 0.15) is 12.3 Å². The lowest BCUT2D eigenvalue weighted by Gasteiger charge is -2.18. The Morgan fingerprint density at radius 1 is 1.14 bits per heavy atom. The van der Waals surface area contributed by atoms with E-state index in [1.54, 1.807) is 13.3 Å². The van der Waals surface area contributed by atoms with Crippen LogP contribution in [0.5, 0.6) is 5.75 Å². The second-order valence-electron chi connectivity index (χ2n) is 8.05. The Kier molecular flexibility index (Phi) is 4.70. The van der Waals surface area contributed by atoms with Crippen LogP contribution in [0.1, 0.15) is 42.6 Å². The molecule has 0 aliphatic carbocycles. The maximum atomic E-state index is 11.5. The molecule has 2 aromatic carbocycles. The molecular weight excluding hydrogens is 366 g/mol. The Morgan fingerprint density at radius 3 is 2.55 bits per heavy atom. The zero-order valence-electron chi connectivity index (χ0n) is 17.0. The average Bonchev–Trinajstić information content (AvgIpc) is 3.32. The van der Waals surface area contributed by atoms with Gasteiger partial charge in [0, 0.05) is 28.2 Å². The topological polar surface area (TPSA) is 70.2 Å². The maximum Gasteiger partial charge on any atom is 0.246 e. The highest BCUT2D eigenvalue weighted by molar-refractivity contribution is 5.98. The van der Waals surface area contributed by atoms with E-state index in [9.17, 15) is 4.79 Å². The van der Waals surface area contributed by atoms with E-state index < -0.39 is 0 Å². The first kappa shape index (κ1) is 18.9. The Balaban J connectivity index is 1.62. The molecule has 0 saturated carbocycles. The first-order valence-corrected chi connectivity index (χ1v) is 9.44. The minimum absolute atomic E-state index is 0.0927. The Hall–Kier alpha value is -3.41. The van der Waals surface area contributed by atoms with Crippen LogP contribution in [0.3, 0.4) is 0 Å². The average molecular weight is 389 g/mol. The van der Waals surface area contributed by atoms with Gasteiger partial charge in [0.2, 0.25) is 11.7 Å². The summed E-state index contributed by atoms with van der Waals surface area (Å²) in [6.07, 6.45) is 2.63. The van der Waals surface area contributed by atoms with Crippen LogP contribution < -0.4 is 4.74 Å². The molecule has 0 fully saturated rings. The van der Waals surface area contributed by atoms with Crippen molar-refractivity contribution < 1.29 is 14.1 Å². The predicted octanol–water partition coefficient (Wildman–Crippen LogP) is 4.86. The summed E-state index contributed by atoms with van der Waals surface area (Å²) in [6, 6.07) is 13.8. The SMILES string of the molecule is COc1ccc2c(c1)c(C=O)cn2Cc1nc(-c2ccc(C(C)(C)C)cc2)no1. The second kappa shape index (κ2) is 7.20. The number of carbonyl (C=O) groups is 1. The number of hydrogen-bond donors (Lipinski definition) is 0. The van der Waals surface area contributed by atoms with E-state index in [4.69, 9.17) is 9.26 Å². The van der Waals surface area contributed by atoms with Crippen LogP contribution in [-0.2, 0) is 12.0 Å². The lowest BCUT2D eigenvalue weighted by atomic mass is 9.87.